The van der Waals surface area contributed by atoms with Crippen molar-refractivity contribution < 1.29 is 24.0 Å². The third-order valence-corrected chi connectivity index (χ3v) is 4.78. The minimum Gasteiger partial charge on any atom is -0.292 e. The molecule has 1 atom stereocenters. The number of hydrogen-bond donors (Lipinski definition) is 0. The molecular weight excluding hydrogens is 358 g/mol. The van der Waals surface area contributed by atoms with Crippen LogP contribution in [0.2, 0.25) is 0 Å². The second-order valence-electron chi connectivity index (χ2n) is 5.78. The molecule has 26 heavy (non-hydrogen) atoms. The maximum absolute atomic E-state index is 12.9. The first-order chi connectivity index (χ1) is 12.4. The van der Waals surface area contributed by atoms with Crippen molar-refractivity contribution in [2.24, 2.45) is 0 Å². The van der Waals surface area contributed by atoms with Crippen LogP contribution in [0.15, 0.2) is 53.7 Å². The molecule has 1 aromatic heterocycles. The molecule has 126 valence electrons. The van der Waals surface area contributed by atoms with Crippen LogP contribution in [-0.4, -0.2) is 39.3 Å². The maximum Gasteiger partial charge on any atom is 0.252 e. The van der Waals surface area contributed by atoms with Gasteiger partial charge in [0.2, 0.25) is 5.78 Å². The van der Waals surface area contributed by atoms with Crippen molar-refractivity contribution in [2.45, 2.75) is 5.38 Å². The molecule has 0 amide bonds. The van der Waals surface area contributed by atoms with Gasteiger partial charge in [0.15, 0.2) is 17.3 Å². The number of ketones is 5. The quantitative estimate of drug-likeness (QED) is 0.306. The van der Waals surface area contributed by atoms with E-state index in [0.29, 0.717) is 0 Å². The van der Waals surface area contributed by atoms with Crippen molar-refractivity contribution >= 4 is 40.5 Å². The van der Waals surface area contributed by atoms with Crippen LogP contribution in [0, 0.1) is 0 Å². The van der Waals surface area contributed by atoms with Crippen LogP contribution < -0.4 is 0 Å². The Balaban J connectivity index is 2.02. The minimum atomic E-state index is -1.52. The summed E-state index contributed by atoms with van der Waals surface area (Å²) in [5.41, 5.74) is -1.31. The fourth-order valence-electron chi connectivity index (χ4n) is 3.14. The van der Waals surface area contributed by atoms with Crippen molar-refractivity contribution in [3.8, 4) is 0 Å². The number of alkyl halides is 1. The molecule has 0 fully saturated rings. The van der Waals surface area contributed by atoms with Gasteiger partial charge >= 0.3 is 0 Å². The predicted octanol–water partition coefficient (Wildman–Crippen LogP) is 2.01. The van der Waals surface area contributed by atoms with E-state index in [4.69, 9.17) is 11.6 Å². The molecule has 2 aliphatic carbocycles. The molecule has 1 heterocycles. The molecule has 0 aliphatic heterocycles. The van der Waals surface area contributed by atoms with Crippen molar-refractivity contribution in [2.75, 3.05) is 0 Å². The number of rotatable bonds is 0. The largest absolute Gasteiger partial charge is 0.292 e. The molecule has 4 rings (SSSR count). The molecule has 1 aromatic carbocycles. The Bertz CT molecular complexity index is 1100. The molecule has 0 saturated carbocycles. The van der Waals surface area contributed by atoms with Gasteiger partial charge in [-0.05, 0) is 12.1 Å². The van der Waals surface area contributed by atoms with Crippen molar-refractivity contribution in [3.05, 3.63) is 76.1 Å². The number of benzene rings is 1. The monoisotopic (exact) mass is 365 g/mol. The highest BCUT2D eigenvalue weighted by Crippen LogP contribution is 2.34. The number of pyridine rings is 1. The normalized spacial score (nSPS) is 22.3. The lowest BCUT2D eigenvalue weighted by molar-refractivity contribution is -0.111. The lowest BCUT2D eigenvalue weighted by Crippen LogP contribution is -2.38. The summed E-state index contributed by atoms with van der Waals surface area (Å²) in [5, 5.41) is -1.52. The number of fused-ring (bicyclic) bond motifs is 2. The lowest BCUT2D eigenvalue weighted by atomic mass is 9.77. The Morgan fingerprint density at radius 3 is 2.12 bits per heavy atom. The first-order valence-corrected chi connectivity index (χ1v) is 8.02. The summed E-state index contributed by atoms with van der Waals surface area (Å²) >= 11 is 6.13. The number of aromatic nitrogens is 1. The Hall–Kier alpha value is -3.25. The second-order valence-corrected chi connectivity index (χ2v) is 6.21. The molecule has 0 radical (unpaired) electrons. The van der Waals surface area contributed by atoms with E-state index in [1.165, 1.54) is 30.5 Å². The van der Waals surface area contributed by atoms with Gasteiger partial charge in [0.1, 0.15) is 11.1 Å². The van der Waals surface area contributed by atoms with Crippen LogP contribution in [0.1, 0.15) is 41.6 Å². The number of Topliss-reactive ketones (excluding diaryl/α,β-unsaturated/α-hetero) is 5. The van der Waals surface area contributed by atoms with Gasteiger partial charge < -0.3 is 0 Å². The van der Waals surface area contributed by atoms with Crippen LogP contribution in [0.5, 0.6) is 0 Å². The van der Waals surface area contributed by atoms with Crippen molar-refractivity contribution in [3.63, 3.8) is 0 Å². The highest BCUT2D eigenvalue weighted by atomic mass is 35.5. The smallest absolute Gasteiger partial charge is 0.252 e. The number of halogens is 1. The molecule has 0 spiro atoms. The number of allylic oxidation sites excluding steroid dienone is 2. The number of nitrogens with zero attached hydrogens (tertiary/aromatic N) is 1. The summed E-state index contributed by atoms with van der Waals surface area (Å²) < 4.78 is 0. The molecule has 6 nitrogen and oxygen atoms in total. The fourth-order valence-corrected chi connectivity index (χ4v) is 3.46. The third kappa shape index (κ3) is 2.06. The van der Waals surface area contributed by atoms with Crippen LogP contribution >= 0.6 is 11.6 Å². The molecule has 0 N–H and O–H groups in total. The molecule has 2 aromatic rings. The van der Waals surface area contributed by atoms with E-state index in [9.17, 15) is 24.0 Å². The lowest BCUT2D eigenvalue weighted by Gasteiger charge is -2.24. The highest BCUT2D eigenvalue weighted by molar-refractivity contribution is 6.61. The van der Waals surface area contributed by atoms with Gasteiger partial charge in [-0.2, -0.15) is 0 Å². The van der Waals surface area contributed by atoms with E-state index >= 15 is 0 Å². The predicted molar refractivity (Wildman–Crippen MR) is 89.7 cm³/mol. The third-order valence-electron chi connectivity index (χ3n) is 4.36. The van der Waals surface area contributed by atoms with Crippen LogP contribution in [-0.2, 0) is 4.79 Å². The molecule has 2 aliphatic rings. The van der Waals surface area contributed by atoms with E-state index in [-0.39, 0.29) is 22.4 Å². The maximum atomic E-state index is 12.9. The molecule has 1 unspecified atom stereocenters. The Morgan fingerprint density at radius 2 is 1.38 bits per heavy atom. The first kappa shape index (κ1) is 16.2. The molecule has 0 saturated heterocycles. The Morgan fingerprint density at radius 1 is 0.731 bits per heavy atom. The van der Waals surface area contributed by atoms with E-state index < -0.39 is 45.4 Å². The molecule has 7 heteroatoms. The van der Waals surface area contributed by atoms with Crippen molar-refractivity contribution in [1.29, 1.82) is 0 Å². The van der Waals surface area contributed by atoms with Crippen LogP contribution in [0.4, 0.5) is 0 Å². The van der Waals surface area contributed by atoms with Gasteiger partial charge in [0, 0.05) is 22.9 Å². The number of carbonyl (C=O) groups excluding carboxylic acids is 5. The molecule has 0 bridgehead atoms. The highest BCUT2D eigenvalue weighted by Gasteiger charge is 2.45. The fraction of sp³-hybridized carbons (Fsp3) is 0.0526. The van der Waals surface area contributed by atoms with Gasteiger partial charge in [-0.15, -0.1) is 11.6 Å². The van der Waals surface area contributed by atoms with Gasteiger partial charge in [-0.3, -0.25) is 29.0 Å². The van der Waals surface area contributed by atoms with Gasteiger partial charge in [0.05, 0.1) is 11.1 Å². The van der Waals surface area contributed by atoms with Gasteiger partial charge in [-0.25, -0.2) is 0 Å². The molecular formula is C19H8ClNO5. The van der Waals surface area contributed by atoms with E-state index in [2.05, 4.69) is 4.98 Å². The van der Waals surface area contributed by atoms with E-state index in [1.807, 2.05) is 0 Å². The average Bonchev–Trinajstić information content (AvgIpc) is 2.67. The average molecular weight is 366 g/mol. The zero-order valence-corrected chi connectivity index (χ0v) is 13.7. The topological polar surface area (TPSA) is 98.2 Å². The Labute approximate surface area is 151 Å². The van der Waals surface area contributed by atoms with Gasteiger partial charge in [0.25, 0.3) is 5.78 Å². The Kier molecular flexibility index (Phi) is 3.52. The first-order valence-electron chi connectivity index (χ1n) is 7.58. The van der Waals surface area contributed by atoms with Crippen LogP contribution in [0.25, 0.3) is 0 Å². The minimum absolute atomic E-state index is 0.0435. The van der Waals surface area contributed by atoms with Gasteiger partial charge in [-0.1, -0.05) is 24.3 Å². The van der Waals surface area contributed by atoms with Crippen LogP contribution in [0.3, 0.4) is 0 Å². The number of carbonyl (C=O) groups is 5. The summed E-state index contributed by atoms with van der Waals surface area (Å²) in [7, 11) is 0. The summed E-state index contributed by atoms with van der Waals surface area (Å²) in [6.45, 7) is 0. The second kappa shape index (κ2) is 5.64. The zero-order valence-electron chi connectivity index (χ0n) is 13.0. The summed E-state index contributed by atoms with van der Waals surface area (Å²) in [6, 6.07) is 8.75. The zero-order chi connectivity index (χ0) is 18.6. The summed E-state index contributed by atoms with van der Waals surface area (Å²) in [4.78, 5) is 66.8. The number of hydrogen-bond acceptors (Lipinski definition) is 6. The SMILES string of the molecule is O=C1C(=O)c2ncccc2C(=O)/C1=C1\C(=O)c2ccccc2C(=O)C1Cl. The van der Waals surface area contributed by atoms with E-state index in [1.54, 1.807) is 12.1 Å². The van der Waals surface area contributed by atoms with Crippen molar-refractivity contribution in [1.82, 2.24) is 4.98 Å². The van der Waals surface area contributed by atoms with E-state index in [0.717, 1.165) is 0 Å². The standard InChI is InChI=1S/C19H8ClNO5/c20-13-11(15(22)8-4-1-2-5-9(8)17(13)24)12-16(23)10-6-3-7-21-14(10)19(26)18(12)25/h1-7,13H/b12-11+. The summed E-state index contributed by atoms with van der Waals surface area (Å²) in [6.07, 6.45) is 1.28. The summed E-state index contributed by atoms with van der Waals surface area (Å²) in [5.74, 6) is -4.33.